The zero-order valence-corrected chi connectivity index (χ0v) is 18.8. The summed E-state index contributed by atoms with van der Waals surface area (Å²) in [5.41, 5.74) is 3.35. The van der Waals surface area contributed by atoms with E-state index in [2.05, 4.69) is 30.4 Å². The molecule has 0 saturated heterocycles. The number of benzene rings is 3. The number of nitrogens with one attached hydrogen (secondary N) is 1. The first-order valence-electron chi connectivity index (χ1n) is 11.0. The lowest BCUT2D eigenvalue weighted by Gasteiger charge is -2.44. The summed E-state index contributed by atoms with van der Waals surface area (Å²) in [7, 11) is 0. The fourth-order valence-corrected chi connectivity index (χ4v) is 4.04. The fourth-order valence-electron chi connectivity index (χ4n) is 4.04. The normalized spacial score (nSPS) is 19.1. The molecule has 168 valence electrons. The molecule has 0 bridgehead atoms. The van der Waals surface area contributed by atoms with Crippen LogP contribution in [0.1, 0.15) is 43.6 Å². The number of halogens is 1. The molecule has 1 heterocycles. The van der Waals surface area contributed by atoms with Gasteiger partial charge in [-0.15, -0.1) is 0 Å². The van der Waals surface area contributed by atoms with E-state index in [1.165, 1.54) is 12.1 Å². The van der Waals surface area contributed by atoms with Crippen molar-refractivity contribution in [3.8, 4) is 5.75 Å². The van der Waals surface area contributed by atoms with E-state index in [1.807, 2.05) is 44.2 Å². The number of fused-ring (bicyclic) bond motifs is 1. The van der Waals surface area contributed by atoms with Gasteiger partial charge in [0.2, 0.25) is 0 Å². The molecule has 2 atom stereocenters. The van der Waals surface area contributed by atoms with Crippen molar-refractivity contribution < 1.29 is 18.6 Å². The molecular weight excluding hydrogens is 405 g/mol. The van der Waals surface area contributed by atoms with Gasteiger partial charge in [0.25, 0.3) is 0 Å². The van der Waals surface area contributed by atoms with Crippen molar-refractivity contribution in [2.75, 3.05) is 11.9 Å². The Bertz CT molecular complexity index is 1020. The molecule has 1 N–H and O–H groups in total. The monoisotopic (exact) mass is 435 g/mol. The minimum atomic E-state index is -0.617. The minimum Gasteiger partial charge on any atom is -0.485 e. The van der Waals surface area contributed by atoms with Crippen molar-refractivity contribution in [3.63, 3.8) is 0 Å². The van der Waals surface area contributed by atoms with Gasteiger partial charge in [-0.3, -0.25) is 0 Å². The van der Waals surface area contributed by atoms with Crippen LogP contribution in [-0.2, 0) is 22.7 Å². The molecule has 0 amide bonds. The van der Waals surface area contributed by atoms with Crippen molar-refractivity contribution in [1.82, 2.24) is 0 Å². The average molecular weight is 436 g/mol. The predicted molar refractivity (Wildman–Crippen MR) is 124 cm³/mol. The van der Waals surface area contributed by atoms with Crippen LogP contribution in [-0.4, -0.2) is 18.2 Å². The predicted octanol–water partition coefficient (Wildman–Crippen LogP) is 6.27. The number of rotatable bonds is 8. The van der Waals surface area contributed by atoms with Gasteiger partial charge in [-0.2, -0.15) is 0 Å². The fraction of sp³-hybridized carbons (Fsp3) is 0.333. The summed E-state index contributed by atoms with van der Waals surface area (Å²) in [5, 5.41) is 3.36. The zero-order chi connectivity index (χ0) is 22.6. The van der Waals surface area contributed by atoms with Crippen molar-refractivity contribution in [1.29, 1.82) is 0 Å². The van der Waals surface area contributed by atoms with E-state index in [0.29, 0.717) is 13.2 Å². The Morgan fingerprint density at radius 1 is 0.906 bits per heavy atom. The number of hydrogen-bond donors (Lipinski definition) is 1. The number of ether oxygens (including phenoxy) is 3. The number of anilines is 1. The molecule has 5 heteroatoms. The average Bonchev–Trinajstić information content (AvgIpc) is 2.78. The first kappa shape index (κ1) is 22.3. The van der Waals surface area contributed by atoms with Crippen molar-refractivity contribution in [3.05, 3.63) is 95.3 Å². The Hall–Kier alpha value is -2.89. The van der Waals surface area contributed by atoms with Crippen LogP contribution in [0.3, 0.4) is 0 Å². The molecular formula is C27H30FNO3. The summed E-state index contributed by atoms with van der Waals surface area (Å²) in [6, 6.07) is 22.6. The SMILES string of the molecule is CCNc1ccc2c(c1)C(OCc1ccccc1)C(OCc1ccc(F)cc1)C(C)(C)O2. The van der Waals surface area contributed by atoms with Gasteiger partial charge >= 0.3 is 0 Å². The van der Waals surface area contributed by atoms with E-state index in [9.17, 15) is 4.39 Å². The van der Waals surface area contributed by atoms with E-state index in [-0.39, 0.29) is 18.0 Å². The smallest absolute Gasteiger partial charge is 0.132 e. The first-order chi connectivity index (χ1) is 15.5. The van der Waals surface area contributed by atoms with Gasteiger partial charge in [0.1, 0.15) is 29.4 Å². The Labute approximate surface area is 189 Å². The highest BCUT2D eigenvalue weighted by molar-refractivity contribution is 5.53. The van der Waals surface area contributed by atoms with Crippen LogP contribution >= 0.6 is 0 Å². The lowest BCUT2D eigenvalue weighted by Crippen LogP contribution is -2.50. The largest absolute Gasteiger partial charge is 0.485 e. The van der Waals surface area contributed by atoms with Crippen LogP contribution in [0.2, 0.25) is 0 Å². The second kappa shape index (κ2) is 9.72. The molecule has 0 fully saturated rings. The van der Waals surface area contributed by atoms with E-state index in [1.54, 1.807) is 12.1 Å². The third kappa shape index (κ3) is 5.12. The Balaban J connectivity index is 1.63. The molecule has 3 aromatic rings. The molecule has 0 radical (unpaired) electrons. The number of hydrogen-bond acceptors (Lipinski definition) is 4. The lowest BCUT2D eigenvalue weighted by atomic mass is 9.87. The van der Waals surface area contributed by atoms with Gasteiger partial charge in [0.05, 0.1) is 13.2 Å². The zero-order valence-electron chi connectivity index (χ0n) is 18.8. The van der Waals surface area contributed by atoms with Crippen LogP contribution in [0.15, 0.2) is 72.8 Å². The summed E-state index contributed by atoms with van der Waals surface area (Å²) >= 11 is 0. The highest BCUT2D eigenvalue weighted by Crippen LogP contribution is 2.45. The molecule has 1 aliphatic heterocycles. The quantitative estimate of drug-likeness (QED) is 0.453. The molecule has 3 aromatic carbocycles. The van der Waals surface area contributed by atoms with Crippen molar-refractivity contribution in [2.24, 2.45) is 0 Å². The standard InChI is InChI=1S/C27H30FNO3/c1-4-29-22-14-15-24-23(16-22)25(30-17-19-8-6-5-7-9-19)26(27(2,3)32-24)31-18-20-10-12-21(28)13-11-20/h5-16,25-26,29H,4,17-18H2,1-3H3. The summed E-state index contributed by atoms with van der Waals surface area (Å²) in [6.07, 6.45) is -0.686. The molecule has 0 aromatic heterocycles. The van der Waals surface area contributed by atoms with Crippen LogP contribution < -0.4 is 10.1 Å². The molecule has 4 rings (SSSR count). The molecule has 1 aliphatic rings. The third-order valence-corrected chi connectivity index (χ3v) is 5.65. The van der Waals surface area contributed by atoms with Gasteiger partial charge < -0.3 is 19.5 Å². The van der Waals surface area contributed by atoms with Crippen LogP contribution in [0.4, 0.5) is 10.1 Å². The Kier molecular flexibility index (Phi) is 6.77. The van der Waals surface area contributed by atoms with Gasteiger partial charge in [-0.1, -0.05) is 42.5 Å². The second-order valence-electron chi connectivity index (χ2n) is 8.56. The van der Waals surface area contributed by atoms with E-state index >= 15 is 0 Å². The summed E-state index contributed by atoms with van der Waals surface area (Å²) in [4.78, 5) is 0. The van der Waals surface area contributed by atoms with E-state index in [0.717, 1.165) is 34.7 Å². The molecule has 32 heavy (non-hydrogen) atoms. The van der Waals surface area contributed by atoms with Crippen molar-refractivity contribution >= 4 is 5.69 Å². The molecule has 0 saturated carbocycles. The minimum absolute atomic E-state index is 0.260. The first-order valence-corrected chi connectivity index (χ1v) is 11.0. The highest BCUT2D eigenvalue weighted by Gasteiger charge is 2.45. The maximum Gasteiger partial charge on any atom is 0.132 e. The second-order valence-corrected chi connectivity index (χ2v) is 8.56. The lowest BCUT2D eigenvalue weighted by molar-refractivity contribution is -0.170. The maximum atomic E-state index is 13.3. The van der Waals surface area contributed by atoms with Crippen LogP contribution in [0.25, 0.3) is 0 Å². The maximum absolute atomic E-state index is 13.3. The van der Waals surface area contributed by atoms with Gasteiger partial charge in [-0.25, -0.2) is 4.39 Å². The summed E-state index contributed by atoms with van der Waals surface area (Å²) < 4.78 is 32.6. The highest BCUT2D eigenvalue weighted by atomic mass is 19.1. The summed E-state index contributed by atoms with van der Waals surface area (Å²) in [5.74, 6) is 0.542. The van der Waals surface area contributed by atoms with Crippen LogP contribution in [0.5, 0.6) is 5.75 Å². The Morgan fingerprint density at radius 2 is 1.59 bits per heavy atom. The van der Waals surface area contributed by atoms with E-state index in [4.69, 9.17) is 14.2 Å². The molecule has 4 nitrogen and oxygen atoms in total. The van der Waals surface area contributed by atoms with Crippen molar-refractivity contribution in [2.45, 2.75) is 51.8 Å². The summed E-state index contributed by atoms with van der Waals surface area (Å²) in [6.45, 7) is 7.72. The van der Waals surface area contributed by atoms with Gasteiger partial charge in [-0.05, 0) is 62.2 Å². The topological polar surface area (TPSA) is 39.7 Å². The van der Waals surface area contributed by atoms with Crippen LogP contribution in [0, 0.1) is 5.82 Å². The third-order valence-electron chi connectivity index (χ3n) is 5.65. The molecule has 0 spiro atoms. The molecule has 2 unspecified atom stereocenters. The van der Waals surface area contributed by atoms with Gasteiger partial charge in [0.15, 0.2) is 0 Å². The Morgan fingerprint density at radius 3 is 2.31 bits per heavy atom. The van der Waals surface area contributed by atoms with Gasteiger partial charge in [0, 0.05) is 17.8 Å². The van der Waals surface area contributed by atoms with E-state index < -0.39 is 5.60 Å². The molecule has 0 aliphatic carbocycles.